The smallest absolute Gasteiger partial charge is 0.307 e. The van der Waals surface area contributed by atoms with Crippen molar-refractivity contribution in [2.45, 2.75) is 11.7 Å². The van der Waals surface area contributed by atoms with Crippen LogP contribution >= 0.6 is 12.6 Å². The number of carbonyl (C=O) groups is 1. The molecule has 18 heavy (non-hydrogen) atoms. The van der Waals surface area contributed by atoms with Crippen LogP contribution in [0.1, 0.15) is 6.42 Å². The summed E-state index contributed by atoms with van der Waals surface area (Å²) >= 11 is 4.17. The molecule has 1 aromatic rings. The average Bonchev–Trinajstić information content (AvgIpc) is 2.57. The predicted octanol–water partition coefficient (Wildman–Crippen LogP) is 1.35. The van der Waals surface area contributed by atoms with Crippen LogP contribution in [0.25, 0.3) is 0 Å². The number of halogens is 1. The van der Waals surface area contributed by atoms with Gasteiger partial charge in [-0.1, -0.05) is 0 Å². The molecule has 0 radical (unpaired) electrons. The molecule has 1 aliphatic heterocycles. The number of hydrogen-bond donors (Lipinski definition) is 2. The summed E-state index contributed by atoms with van der Waals surface area (Å²) < 4.78 is 13.3. The van der Waals surface area contributed by atoms with Gasteiger partial charge in [0.2, 0.25) is 11.7 Å². The Kier molecular flexibility index (Phi) is 3.12. The van der Waals surface area contributed by atoms with Crippen molar-refractivity contribution in [1.29, 1.82) is 0 Å². The van der Waals surface area contributed by atoms with Gasteiger partial charge >= 0.3 is 5.69 Å². The summed E-state index contributed by atoms with van der Waals surface area (Å²) in [4.78, 5) is 22.8. The Bertz CT molecular complexity index is 537. The molecule has 0 saturated carbocycles. The van der Waals surface area contributed by atoms with E-state index in [1.165, 1.54) is 4.90 Å². The molecule has 0 spiro atoms. The maximum Gasteiger partial charge on any atom is 0.307 e. The summed E-state index contributed by atoms with van der Waals surface area (Å²) in [5, 5.41) is 10.5. The van der Waals surface area contributed by atoms with E-state index in [2.05, 4.69) is 12.6 Å². The van der Waals surface area contributed by atoms with E-state index in [0.717, 1.165) is 12.1 Å². The predicted molar refractivity (Wildman–Crippen MR) is 67.2 cm³/mol. The number of anilines is 2. The van der Waals surface area contributed by atoms with E-state index in [4.69, 9.17) is 5.73 Å². The standard InChI is InChI=1S/C10H10FN3O3S/c11-6-2-7(12)9(3-8(6)14(16)17)13-4-5(18)1-10(13)15/h2-3,5,18H,1,4,12H2. The first-order valence-electron chi connectivity index (χ1n) is 5.12. The molecule has 0 bridgehead atoms. The van der Waals surface area contributed by atoms with Crippen LogP contribution in [-0.2, 0) is 4.79 Å². The van der Waals surface area contributed by atoms with Gasteiger partial charge in [0.05, 0.1) is 16.3 Å². The second-order valence-electron chi connectivity index (χ2n) is 3.98. The summed E-state index contributed by atoms with van der Waals surface area (Å²) in [5.41, 5.74) is 5.05. The molecule has 1 amide bonds. The summed E-state index contributed by atoms with van der Waals surface area (Å²) in [5.74, 6) is -1.25. The van der Waals surface area contributed by atoms with E-state index in [1.54, 1.807) is 0 Å². The van der Waals surface area contributed by atoms with Crippen LogP contribution in [0.15, 0.2) is 12.1 Å². The number of benzene rings is 1. The third kappa shape index (κ3) is 2.10. The lowest BCUT2D eigenvalue weighted by Crippen LogP contribution is -2.25. The fourth-order valence-corrected chi connectivity index (χ4v) is 2.18. The minimum absolute atomic E-state index is 0.00566. The Hall–Kier alpha value is -1.83. The molecule has 1 fully saturated rings. The maximum atomic E-state index is 13.3. The number of thiol groups is 1. The quantitative estimate of drug-likeness (QED) is 0.368. The van der Waals surface area contributed by atoms with Gasteiger partial charge in [0.25, 0.3) is 0 Å². The fraction of sp³-hybridized carbons (Fsp3) is 0.300. The van der Waals surface area contributed by atoms with Gasteiger partial charge in [0.1, 0.15) is 0 Å². The zero-order valence-corrected chi connectivity index (χ0v) is 10.1. The van der Waals surface area contributed by atoms with Crippen LogP contribution in [-0.4, -0.2) is 22.6 Å². The zero-order chi connectivity index (χ0) is 13.4. The van der Waals surface area contributed by atoms with E-state index in [0.29, 0.717) is 6.54 Å². The largest absolute Gasteiger partial charge is 0.397 e. The molecule has 1 aliphatic rings. The first kappa shape index (κ1) is 12.6. The molecule has 2 rings (SSSR count). The van der Waals surface area contributed by atoms with Crippen molar-refractivity contribution in [1.82, 2.24) is 0 Å². The molecule has 6 nitrogen and oxygen atoms in total. The molecule has 1 unspecified atom stereocenters. The number of amides is 1. The van der Waals surface area contributed by atoms with Crippen LogP contribution in [0.3, 0.4) is 0 Å². The van der Waals surface area contributed by atoms with E-state index in [1.807, 2.05) is 0 Å². The molecule has 0 aromatic heterocycles. The van der Waals surface area contributed by atoms with E-state index >= 15 is 0 Å². The molecule has 0 aliphatic carbocycles. The number of nitrogens with two attached hydrogens (primary N) is 1. The summed E-state index contributed by atoms with van der Waals surface area (Å²) in [6.07, 6.45) is 0.230. The second-order valence-corrected chi connectivity index (χ2v) is 4.71. The molecule has 1 saturated heterocycles. The summed E-state index contributed by atoms with van der Waals surface area (Å²) in [7, 11) is 0. The van der Waals surface area contributed by atoms with Crippen molar-refractivity contribution < 1.29 is 14.1 Å². The van der Waals surface area contributed by atoms with E-state index in [-0.39, 0.29) is 29.0 Å². The minimum atomic E-state index is -1.02. The van der Waals surface area contributed by atoms with E-state index < -0.39 is 16.4 Å². The van der Waals surface area contributed by atoms with Crippen molar-refractivity contribution in [3.63, 3.8) is 0 Å². The highest BCUT2D eigenvalue weighted by atomic mass is 32.1. The van der Waals surface area contributed by atoms with Gasteiger partial charge in [-0.3, -0.25) is 14.9 Å². The topological polar surface area (TPSA) is 89.5 Å². The first-order chi connectivity index (χ1) is 8.40. The molecular formula is C10H10FN3O3S. The number of nitro groups is 1. The lowest BCUT2D eigenvalue weighted by molar-refractivity contribution is -0.387. The number of nitrogens with zero attached hydrogens (tertiary/aromatic N) is 2. The highest BCUT2D eigenvalue weighted by Gasteiger charge is 2.31. The zero-order valence-electron chi connectivity index (χ0n) is 9.17. The second kappa shape index (κ2) is 4.45. The lowest BCUT2D eigenvalue weighted by atomic mass is 10.2. The van der Waals surface area contributed by atoms with Gasteiger partial charge < -0.3 is 10.6 Å². The normalized spacial score (nSPS) is 19.3. The molecule has 1 atom stereocenters. The summed E-state index contributed by atoms with van der Waals surface area (Å²) in [6, 6.07) is 1.83. The van der Waals surface area contributed by atoms with Crippen molar-refractivity contribution in [2.24, 2.45) is 0 Å². The highest BCUT2D eigenvalue weighted by molar-refractivity contribution is 7.81. The number of carbonyl (C=O) groups excluding carboxylic acids is 1. The van der Waals surface area contributed by atoms with Crippen LogP contribution in [0.2, 0.25) is 0 Å². The van der Waals surface area contributed by atoms with Crippen LogP contribution in [0.4, 0.5) is 21.5 Å². The van der Waals surface area contributed by atoms with Gasteiger partial charge in [-0.05, 0) is 0 Å². The average molecular weight is 271 g/mol. The number of nitrogen functional groups attached to an aromatic ring is 1. The third-order valence-electron chi connectivity index (χ3n) is 2.69. The Morgan fingerprint density at radius 2 is 2.22 bits per heavy atom. The Balaban J connectivity index is 2.48. The molecule has 96 valence electrons. The summed E-state index contributed by atoms with van der Waals surface area (Å²) in [6.45, 7) is 0.301. The van der Waals surface area contributed by atoms with Gasteiger partial charge in [0.15, 0.2) is 0 Å². The lowest BCUT2D eigenvalue weighted by Gasteiger charge is -2.18. The van der Waals surface area contributed by atoms with Crippen LogP contribution in [0.5, 0.6) is 0 Å². The Morgan fingerprint density at radius 3 is 2.72 bits per heavy atom. The van der Waals surface area contributed by atoms with Crippen LogP contribution in [0, 0.1) is 15.9 Å². The number of rotatable bonds is 2. The fourth-order valence-electron chi connectivity index (χ4n) is 1.86. The highest BCUT2D eigenvalue weighted by Crippen LogP contribution is 2.34. The minimum Gasteiger partial charge on any atom is -0.397 e. The van der Waals surface area contributed by atoms with Gasteiger partial charge in [-0.2, -0.15) is 17.0 Å². The third-order valence-corrected chi connectivity index (χ3v) is 3.03. The van der Waals surface area contributed by atoms with Crippen molar-refractivity contribution in [3.8, 4) is 0 Å². The molecule has 1 heterocycles. The number of nitro benzene ring substituents is 1. The van der Waals surface area contributed by atoms with Crippen LogP contribution < -0.4 is 10.6 Å². The van der Waals surface area contributed by atoms with Gasteiger partial charge in [-0.25, -0.2) is 0 Å². The SMILES string of the molecule is Nc1cc(F)c([N+](=O)[O-])cc1N1CC(S)CC1=O. The Morgan fingerprint density at radius 1 is 1.56 bits per heavy atom. The number of hydrogen-bond acceptors (Lipinski definition) is 5. The molecular weight excluding hydrogens is 261 g/mol. The van der Waals surface area contributed by atoms with E-state index in [9.17, 15) is 19.3 Å². The monoisotopic (exact) mass is 271 g/mol. The van der Waals surface area contributed by atoms with Gasteiger partial charge in [0, 0.05) is 30.3 Å². The molecule has 8 heteroatoms. The Labute approximate surface area is 107 Å². The van der Waals surface area contributed by atoms with Crippen molar-refractivity contribution >= 4 is 35.6 Å². The molecule has 2 N–H and O–H groups in total. The molecule has 1 aromatic carbocycles. The first-order valence-corrected chi connectivity index (χ1v) is 5.63. The maximum absolute atomic E-state index is 13.3. The van der Waals surface area contributed by atoms with Gasteiger partial charge in [-0.15, -0.1) is 0 Å². The van der Waals surface area contributed by atoms with Crippen molar-refractivity contribution in [2.75, 3.05) is 17.2 Å². The van der Waals surface area contributed by atoms with Crippen molar-refractivity contribution in [3.05, 3.63) is 28.1 Å².